The van der Waals surface area contributed by atoms with E-state index < -0.39 is 0 Å². The Kier molecular flexibility index (Phi) is 3.36. The molecule has 84 valence electrons. The molecule has 0 atom stereocenters. The van der Waals surface area contributed by atoms with Gasteiger partial charge in [0.15, 0.2) is 0 Å². The molecule has 0 N–H and O–H groups in total. The predicted molar refractivity (Wildman–Crippen MR) is 68.9 cm³/mol. The van der Waals surface area contributed by atoms with Crippen LogP contribution in [0.5, 0.6) is 0 Å². The zero-order valence-electron chi connectivity index (χ0n) is 10.8. The maximum atomic E-state index is 2.70. The van der Waals surface area contributed by atoms with Gasteiger partial charge in [-0.2, -0.15) is 0 Å². The lowest BCUT2D eigenvalue weighted by molar-refractivity contribution is 0.286. The van der Waals surface area contributed by atoms with E-state index in [0.29, 0.717) is 11.1 Å². The third-order valence-electron chi connectivity index (χ3n) is 2.30. The van der Waals surface area contributed by atoms with Crippen LogP contribution in [0.15, 0.2) is 0 Å². The van der Waals surface area contributed by atoms with Crippen molar-refractivity contribution in [3.05, 3.63) is 0 Å². The molecule has 14 heavy (non-hydrogen) atoms. The fourth-order valence-corrected chi connectivity index (χ4v) is 9.47. The van der Waals surface area contributed by atoms with Gasteiger partial charge in [0.2, 0.25) is 0 Å². The van der Waals surface area contributed by atoms with E-state index in [1.54, 1.807) is 0 Å². The standard InChI is InChI=1S/C10H24N2P2/c1-9(2,3)11-13(7)12(14(11)8)10(4,5)6/h1-8H3. The van der Waals surface area contributed by atoms with Crippen LogP contribution in [-0.4, -0.2) is 33.3 Å². The van der Waals surface area contributed by atoms with Crippen LogP contribution in [0.4, 0.5) is 0 Å². The van der Waals surface area contributed by atoms with Crippen molar-refractivity contribution in [3.63, 3.8) is 0 Å². The van der Waals surface area contributed by atoms with Crippen molar-refractivity contribution in [2.75, 3.05) is 13.3 Å². The minimum atomic E-state index is -0.0646. The van der Waals surface area contributed by atoms with Crippen LogP contribution in [0.25, 0.3) is 0 Å². The topological polar surface area (TPSA) is 6.48 Å². The molecule has 0 radical (unpaired) electrons. The zero-order valence-corrected chi connectivity index (χ0v) is 12.6. The first-order valence-corrected chi connectivity index (χ1v) is 8.53. The van der Waals surface area contributed by atoms with Gasteiger partial charge in [0.1, 0.15) is 0 Å². The molecule has 0 amide bonds. The first-order chi connectivity index (χ1) is 6.07. The summed E-state index contributed by atoms with van der Waals surface area (Å²) in [6.07, 6.45) is 0. The highest BCUT2D eigenvalue weighted by Crippen LogP contribution is 2.78. The Balaban J connectivity index is 2.76. The third kappa shape index (κ3) is 2.14. The largest absolute Gasteiger partial charge is 0.229 e. The fraction of sp³-hybridized carbons (Fsp3) is 1.00. The van der Waals surface area contributed by atoms with Gasteiger partial charge in [-0.15, -0.1) is 0 Å². The molecule has 2 nitrogen and oxygen atoms in total. The molecule has 0 spiro atoms. The molecule has 4 heteroatoms. The molecule has 1 saturated heterocycles. The van der Waals surface area contributed by atoms with Gasteiger partial charge < -0.3 is 0 Å². The lowest BCUT2D eigenvalue weighted by atomic mass is 10.1. The summed E-state index contributed by atoms with van der Waals surface area (Å²) in [6.45, 7) is 18.7. The van der Waals surface area contributed by atoms with Crippen LogP contribution < -0.4 is 0 Å². The summed E-state index contributed by atoms with van der Waals surface area (Å²) in [4.78, 5) is 0. The molecule has 1 heterocycles. The number of hydrogen-bond donors (Lipinski definition) is 0. The van der Waals surface area contributed by atoms with Crippen LogP contribution in [0.3, 0.4) is 0 Å². The van der Waals surface area contributed by atoms with E-state index in [2.05, 4.69) is 63.8 Å². The van der Waals surface area contributed by atoms with Crippen molar-refractivity contribution in [2.45, 2.75) is 52.6 Å². The van der Waals surface area contributed by atoms with Gasteiger partial charge in [-0.3, -0.25) is 0 Å². The van der Waals surface area contributed by atoms with Crippen molar-refractivity contribution >= 4 is 16.4 Å². The van der Waals surface area contributed by atoms with Crippen LogP contribution in [0.1, 0.15) is 41.5 Å². The first kappa shape index (κ1) is 12.8. The highest BCUT2D eigenvalue weighted by Gasteiger charge is 2.50. The maximum Gasteiger partial charge on any atom is 0.0466 e. The lowest BCUT2D eigenvalue weighted by Gasteiger charge is -2.63. The van der Waals surface area contributed by atoms with Crippen LogP contribution in [-0.2, 0) is 0 Å². The predicted octanol–water partition coefficient (Wildman–Crippen LogP) is 4.08. The summed E-state index contributed by atoms with van der Waals surface area (Å²) in [5.74, 6) is 0. The number of nitrogens with zero attached hydrogens (tertiary/aromatic N) is 2. The molecular weight excluding hydrogens is 210 g/mol. The normalized spacial score (nSPS) is 31.7. The van der Waals surface area contributed by atoms with Gasteiger partial charge in [0.25, 0.3) is 0 Å². The Labute approximate surface area is 91.8 Å². The van der Waals surface area contributed by atoms with Crippen molar-refractivity contribution < 1.29 is 0 Å². The highest BCUT2D eigenvalue weighted by atomic mass is 31.3. The van der Waals surface area contributed by atoms with Crippen molar-refractivity contribution in [1.29, 1.82) is 0 Å². The lowest BCUT2D eigenvalue weighted by Crippen LogP contribution is -2.52. The van der Waals surface area contributed by atoms with E-state index in [4.69, 9.17) is 0 Å². The van der Waals surface area contributed by atoms with Crippen molar-refractivity contribution in [3.8, 4) is 0 Å². The quantitative estimate of drug-likeness (QED) is 0.582. The Morgan fingerprint density at radius 3 is 1.00 bits per heavy atom. The van der Waals surface area contributed by atoms with E-state index in [0.717, 1.165) is 0 Å². The molecule has 0 bridgehead atoms. The molecule has 0 unspecified atom stereocenters. The summed E-state index contributed by atoms with van der Waals surface area (Å²) >= 11 is 0. The second-order valence-corrected chi connectivity index (χ2v) is 10.1. The second kappa shape index (κ2) is 3.67. The second-order valence-electron chi connectivity index (χ2n) is 5.90. The minimum Gasteiger partial charge on any atom is -0.229 e. The van der Waals surface area contributed by atoms with Gasteiger partial charge >= 0.3 is 0 Å². The third-order valence-corrected chi connectivity index (χ3v) is 10.00. The molecular formula is C10H24N2P2. The molecule has 0 saturated carbocycles. The van der Waals surface area contributed by atoms with E-state index in [1.807, 2.05) is 0 Å². The Morgan fingerprint density at radius 1 is 0.643 bits per heavy atom. The molecule has 0 aromatic rings. The van der Waals surface area contributed by atoms with Crippen molar-refractivity contribution in [2.24, 2.45) is 0 Å². The summed E-state index contributed by atoms with van der Waals surface area (Å²) in [5.41, 5.74) is 0.672. The zero-order chi connectivity index (χ0) is 11.3. The van der Waals surface area contributed by atoms with Gasteiger partial charge in [-0.05, 0) is 54.9 Å². The van der Waals surface area contributed by atoms with Crippen LogP contribution in [0, 0.1) is 0 Å². The van der Waals surface area contributed by atoms with E-state index in [9.17, 15) is 0 Å². The SMILES string of the molecule is CP1N(C(C)(C)C)P(C)N1C(C)(C)C. The average molecular weight is 234 g/mol. The van der Waals surface area contributed by atoms with E-state index >= 15 is 0 Å². The smallest absolute Gasteiger partial charge is 0.0466 e. The monoisotopic (exact) mass is 234 g/mol. The molecule has 1 rings (SSSR count). The van der Waals surface area contributed by atoms with Gasteiger partial charge in [-0.25, -0.2) is 8.88 Å². The minimum absolute atomic E-state index is 0.0646. The molecule has 1 fully saturated rings. The van der Waals surface area contributed by atoms with E-state index in [1.165, 1.54) is 0 Å². The number of rotatable bonds is 0. The summed E-state index contributed by atoms with van der Waals surface area (Å²) in [6, 6.07) is 0. The fourth-order valence-electron chi connectivity index (χ4n) is 2.24. The van der Waals surface area contributed by atoms with Crippen LogP contribution in [0.2, 0.25) is 0 Å². The average Bonchev–Trinajstić information content (AvgIpc) is 1.78. The summed E-state index contributed by atoms with van der Waals surface area (Å²) < 4.78 is 5.39. The Hall–Kier alpha value is 0.780. The molecule has 1 aliphatic rings. The number of hydrogen-bond acceptors (Lipinski definition) is 2. The van der Waals surface area contributed by atoms with Gasteiger partial charge in [-0.1, -0.05) is 0 Å². The first-order valence-electron chi connectivity index (χ1n) is 5.14. The van der Waals surface area contributed by atoms with Gasteiger partial charge in [0, 0.05) is 27.5 Å². The summed E-state index contributed by atoms with van der Waals surface area (Å²) in [5, 5.41) is 0. The van der Waals surface area contributed by atoms with Gasteiger partial charge in [0.05, 0.1) is 0 Å². The highest BCUT2D eigenvalue weighted by molar-refractivity contribution is 7.82. The summed E-state index contributed by atoms with van der Waals surface area (Å²) in [7, 11) is -0.129. The molecule has 1 aliphatic heterocycles. The molecule has 0 aromatic heterocycles. The molecule has 0 aliphatic carbocycles. The Bertz CT molecular complexity index is 185. The van der Waals surface area contributed by atoms with E-state index in [-0.39, 0.29) is 16.4 Å². The van der Waals surface area contributed by atoms with Crippen LogP contribution >= 0.6 is 16.4 Å². The Morgan fingerprint density at radius 2 is 0.857 bits per heavy atom. The maximum absolute atomic E-state index is 2.70. The molecule has 0 aromatic carbocycles. The van der Waals surface area contributed by atoms with Crippen molar-refractivity contribution in [1.82, 2.24) is 8.88 Å².